The predicted octanol–water partition coefficient (Wildman–Crippen LogP) is 3.12. The van der Waals surface area contributed by atoms with Gasteiger partial charge in [0.15, 0.2) is 0 Å². The van der Waals surface area contributed by atoms with Gasteiger partial charge in [0, 0.05) is 37.0 Å². The van der Waals surface area contributed by atoms with Crippen LogP contribution in [0.4, 0.5) is 10.1 Å². The van der Waals surface area contributed by atoms with E-state index in [1.807, 2.05) is 29.9 Å². The highest BCUT2D eigenvalue weighted by Gasteiger charge is 2.20. The molecule has 1 aliphatic rings. The third-order valence-corrected chi connectivity index (χ3v) is 3.64. The van der Waals surface area contributed by atoms with Crippen molar-refractivity contribution < 1.29 is 4.39 Å². The Labute approximate surface area is 112 Å². The first-order chi connectivity index (χ1) is 9.28. The van der Waals surface area contributed by atoms with Gasteiger partial charge in [-0.3, -0.25) is 4.68 Å². The van der Waals surface area contributed by atoms with Crippen LogP contribution in [0.5, 0.6) is 0 Å². The highest BCUT2D eigenvalue weighted by molar-refractivity contribution is 5.62. The number of halogens is 1. The van der Waals surface area contributed by atoms with Gasteiger partial charge in [-0.2, -0.15) is 5.10 Å². The summed E-state index contributed by atoms with van der Waals surface area (Å²) in [7, 11) is 0. The van der Waals surface area contributed by atoms with Gasteiger partial charge in [-0.15, -0.1) is 0 Å². The van der Waals surface area contributed by atoms with Crippen LogP contribution in [0.2, 0.25) is 0 Å². The Bertz CT molecular complexity index is 577. The number of aromatic nitrogens is 2. The number of nitrogens with one attached hydrogen (secondary N) is 1. The molecule has 1 atom stereocenters. The van der Waals surface area contributed by atoms with Crippen LogP contribution in [-0.4, -0.2) is 16.3 Å². The number of aryl methyl sites for hydroxylation is 1. The van der Waals surface area contributed by atoms with E-state index in [2.05, 4.69) is 16.5 Å². The average molecular weight is 259 g/mol. The molecule has 0 radical (unpaired) electrons. The number of para-hydroxylation sites is 1. The van der Waals surface area contributed by atoms with Crippen LogP contribution in [0.25, 0.3) is 0 Å². The van der Waals surface area contributed by atoms with Crippen LogP contribution in [-0.2, 0) is 19.4 Å². The smallest absolute Gasteiger partial charge is 0.131 e. The molecule has 0 aliphatic carbocycles. The number of hydrogen-bond donors (Lipinski definition) is 1. The van der Waals surface area contributed by atoms with Crippen LogP contribution in [0.15, 0.2) is 30.6 Å². The Balaban J connectivity index is 1.80. The molecule has 3 rings (SSSR count). The van der Waals surface area contributed by atoms with Crippen molar-refractivity contribution in [2.45, 2.75) is 32.5 Å². The van der Waals surface area contributed by atoms with Crippen molar-refractivity contribution in [3.05, 3.63) is 47.3 Å². The lowest BCUT2D eigenvalue weighted by Crippen LogP contribution is -2.01. The molecule has 1 aromatic carbocycles. The van der Waals surface area contributed by atoms with E-state index in [-0.39, 0.29) is 0 Å². The third-order valence-electron chi connectivity index (χ3n) is 3.64. The molecule has 2 heterocycles. The van der Waals surface area contributed by atoms with Gasteiger partial charge in [-0.1, -0.05) is 18.2 Å². The molecular formula is C15H18FN3. The van der Waals surface area contributed by atoms with Crippen LogP contribution in [0, 0.1) is 0 Å². The zero-order valence-corrected chi connectivity index (χ0v) is 11.1. The summed E-state index contributed by atoms with van der Waals surface area (Å²) < 4.78 is 16.3. The van der Waals surface area contributed by atoms with Gasteiger partial charge >= 0.3 is 0 Å². The maximum Gasteiger partial charge on any atom is 0.131 e. The van der Waals surface area contributed by atoms with Crippen molar-refractivity contribution in [3.63, 3.8) is 0 Å². The highest BCUT2D eigenvalue weighted by Crippen LogP contribution is 2.34. The first-order valence-corrected chi connectivity index (χ1v) is 6.79. The number of alkyl halides is 1. The predicted molar refractivity (Wildman–Crippen MR) is 74.1 cm³/mol. The van der Waals surface area contributed by atoms with Gasteiger partial charge in [0.2, 0.25) is 0 Å². The molecule has 0 saturated heterocycles. The lowest BCUT2D eigenvalue weighted by molar-refractivity contribution is 0.343. The van der Waals surface area contributed by atoms with Crippen molar-refractivity contribution in [3.8, 4) is 0 Å². The normalized spacial score (nSPS) is 15.1. The Morgan fingerprint density at radius 1 is 1.47 bits per heavy atom. The van der Waals surface area contributed by atoms with Crippen molar-refractivity contribution in [2.24, 2.45) is 0 Å². The third kappa shape index (κ3) is 2.35. The maximum absolute atomic E-state index is 14.5. The molecule has 0 amide bonds. The van der Waals surface area contributed by atoms with Crippen molar-refractivity contribution >= 4 is 5.69 Å². The second-order valence-corrected chi connectivity index (χ2v) is 4.93. The quantitative estimate of drug-likeness (QED) is 0.914. The molecule has 1 unspecified atom stereocenters. The molecular weight excluding hydrogens is 241 g/mol. The fourth-order valence-corrected chi connectivity index (χ4v) is 2.63. The summed E-state index contributed by atoms with van der Waals surface area (Å²) in [5.74, 6) is 0. The number of fused-ring (bicyclic) bond motifs is 1. The summed E-state index contributed by atoms with van der Waals surface area (Å²) in [4.78, 5) is 0. The number of rotatable bonds is 4. The van der Waals surface area contributed by atoms with Gasteiger partial charge in [0.25, 0.3) is 0 Å². The van der Waals surface area contributed by atoms with Crippen molar-refractivity contribution in [1.82, 2.24) is 9.78 Å². The van der Waals surface area contributed by atoms with Gasteiger partial charge < -0.3 is 5.32 Å². The number of nitrogens with zero attached hydrogens (tertiary/aromatic N) is 2. The van der Waals surface area contributed by atoms with Crippen molar-refractivity contribution in [2.75, 3.05) is 11.9 Å². The summed E-state index contributed by atoms with van der Waals surface area (Å²) in [6.45, 7) is 3.75. The number of benzene rings is 1. The number of anilines is 1. The molecule has 1 aliphatic heterocycles. The maximum atomic E-state index is 14.5. The second-order valence-electron chi connectivity index (χ2n) is 4.93. The summed E-state index contributed by atoms with van der Waals surface area (Å²) >= 11 is 0. The molecule has 19 heavy (non-hydrogen) atoms. The number of hydrogen-bond acceptors (Lipinski definition) is 2. The lowest BCUT2D eigenvalue weighted by atomic mass is 10.0. The Hall–Kier alpha value is -1.84. The lowest BCUT2D eigenvalue weighted by Gasteiger charge is -2.12. The van der Waals surface area contributed by atoms with Gasteiger partial charge in [-0.25, -0.2) is 4.39 Å². The monoisotopic (exact) mass is 259 g/mol. The minimum Gasteiger partial charge on any atom is -0.384 e. The van der Waals surface area contributed by atoms with Gasteiger partial charge in [-0.05, 0) is 24.5 Å². The summed E-state index contributed by atoms with van der Waals surface area (Å²) in [5, 5.41) is 7.48. The van der Waals surface area contributed by atoms with Crippen LogP contribution < -0.4 is 5.32 Å². The van der Waals surface area contributed by atoms with E-state index in [9.17, 15) is 4.39 Å². The fraction of sp³-hybridized carbons (Fsp3) is 0.400. The Kier molecular flexibility index (Phi) is 3.23. The highest BCUT2D eigenvalue weighted by atomic mass is 19.1. The van der Waals surface area contributed by atoms with E-state index >= 15 is 0 Å². The minimum absolute atomic E-state index is 0.387. The fourth-order valence-electron chi connectivity index (χ4n) is 2.63. The van der Waals surface area contributed by atoms with Gasteiger partial charge in [0.1, 0.15) is 6.17 Å². The molecule has 0 fully saturated rings. The molecule has 2 aromatic rings. The molecule has 1 aromatic heterocycles. The zero-order valence-electron chi connectivity index (χ0n) is 11.1. The Morgan fingerprint density at radius 3 is 3.16 bits per heavy atom. The molecule has 3 nitrogen and oxygen atoms in total. The largest absolute Gasteiger partial charge is 0.384 e. The SMILES string of the molecule is CCn1cc(CC(F)c2cccc3c2NCC3)cn1. The summed E-state index contributed by atoms with van der Waals surface area (Å²) in [5.41, 5.74) is 3.95. The molecule has 100 valence electrons. The van der Waals surface area contributed by atoms with Crippen LogP contribution in [0.3, 0.4) is 0 Å². The van der Waals surface area contributed by atoms with E-state index in [4.69, 9.17) is 0 Å². The second kappa shape index (κ2) is 5.03. The molecule has 0 bridgehead atoms. The zero-order chi connectivity index (χ0) is 13.2. The minimum atomic E-state index is -0.977. The van der Waals surface area contributed by atoms with E-state index in [1.165, 1.54) is 5.56 Å². The van der Waals surface area contributed by atoms with E-state index < -0.39 is 6.17 Å². The van der Waals surface area contributed by atoms with Crippen LogP contribution in [0.1, 0.15) is 29.8 Å². The molecule has 0 spiro atoms. The van der Waals surface area contributed by atoms with E-state index in [0.29, 0.717) is 6.42 Å². The molecule has 4 heteroatoms. The molecule has 1 N–H and O–H groups in total. The van der Waals surface area contributed by atoms with E-state index in [0.717, 1.165) is 36.3 Å². The van der Waals surface area contributed by atoms with Crippen molar-refractivity contribution in [1.29, 1.82) is 0 Å². The summed E-state index contributed by atoms with van der Waals surface area (Å²) in [6.07, 6.45) is 4.08. The molecule has 0 saturated carbocycles. The van der Waals surface area contributed by atoms with E-state index in [1.54, 1.807) is 6.20 Å². The standard InChI is InChI=1S/C15H18FN3/c1-2-19-10-11(9-18-19)8-14(16)13-5-3-4-12-6-7-17-15(12)13/h3-5,9-10,14,17H,2,6-8H2,1H3. The van der Waals surface area contributed by atoms with Crippen LogP contribution >= 0.6 is 0 Å². The summed E-state index contributed by atoms with van der Waals surface area (Å²) in [6, 6.07) is 5.90. The topological polar surface area (TPSA) is 29.9 Å². The first-order valence-electron chi connectivity index (χ1n) is 6.79. The average Bonchev–Trinajstić information content (AvgIpc) is 3.05. The van der Waals surface area contributed by atoms with Gasteiger partial charge in [0.05, 0.1) is 6.20 Å². The Morgan fingerprint density at radius 2 is 2.37 bits per heavy atom. The first kappa shape index (κ1) is 12.2.